The Balaban J connectivity index is 2.02. The zero-order valence-electron chi connectivity index (χ0n) is 11.0. The van der Waals surface area contributed by atoms with Crippen molar-refractivity contribution in [3.05, 3.63) is 57.2 Å². The van der Waals surface area contributed by atoms with Crippen molar-refractivity contribution >= 4 is 60.2 Å². The van der Waals surface area contributed by atoms with Gasteiger partial charge in [-0.3, -0.25) is 0 Å². The van der Waals surface area contributed by atoms with E-state index in [1.807, 2.05) is 12.1 Å². The molecule has 7 heteroatoms. The Morgan fingerprint density at radius 1 is 1.09 bits per heavy atom. The summed E-state index contributed by atoms with van der Waals surface area (Å²) in [5.41, 5.74) is 1.78. The maximum absolute atomic E-state index is 10.9. The van der Waals surface area contributed by atoms with Crippen LogP contribution in [0.15, 0.2) is 51.7 Å². The molecular weight excluding hydrogens is 414 g/mol. The number of halogens is 2. The number of aromatic nitrogens is 2. The van der Waals surface area contributed by atoms with E-state index in [9.17, 15) is 4.79 Å². The van der Waals surface area contributed by atoms with Crippen molar-refractivity contribution in [1.82, 2.24) is 9.97 Å². The molecule has 1 heterocycles. The molecule has 0 bridgehead atoms. The van der Waals surface area contributed by atoms with Crippen molar-refractivity contribution in [3.8, 4) is 0 Å². The maximum atomic E-state index is 10.9. The third-order valence-corrected chi connectivity index (χ3v) is 4.11. The highest BCUT2D eigenvalue weighted by molar-refractivity contribution is 9.11. The minimum Gasteiger partial charge on any atom is -0.478 e. The van der Waals surface area contributed by atoms with E-state index in [4.69, 9.17) is 5.11 Å². The Morgan fingerprint density at radius 2 is 1.82 bits per heavy atom. The number of carbonyl (C=O) groups is 1. The molecule has 0 aliphatic rings. The summed E-state index contributed by atoms with van der Waals surface area (Å²) in [5, 5.41) is 13.0. The van der Waals surface area contributed by atoms with Crippen molar-refractivity contribution in [1.29, 1.82) is 0 Å². The number of carboxylic acids is 1. The molecule has 0 saturated heterocycles. The fourth-order valence-electron chi connectivity index (χ4n) is 2.02. The average Bonchev–Trinajstić information content (AvgIpc) is 2.48. The summed E-state index contributed by atoms with van der Waals surface area (Å²) < 4.78 is 1.77. The molecule has 0 atom stereocenters. The molecule has 0 fully saturated rings. The number of carboxylic acid groups (broad SMARTS) is 1. The molecule has 0 unspecified atom stereocenters. The average molecular weight is 423 g/mol. The molecule has 5 nitrogen and oxygen atoms in total. The van der Waals surface area contributed by atoms with E-state index in [0.717, 1.165) is 25.5 Å². The predicted octanol–water partition coefficient (Wildman–Crippen LogP) is 4.60. The first-order valence-electron chi connectivity index (χ1n) is 6.25. The van der Waals surface area contributed by atoms with Gasteiger partial charge in [-0.05, 0) is 52.3 Å². The molecule has 0 saturated carbocycles. The second-order valence-corrected chi connectivity index (χ2v) is 6.28. The van der Waals surface area contributed by atoms with Crippen LogP contribution >= 0.6 is 31.9 Å². The van der Waals surface area contributed by atoms with Gasteiger partial charge in [-0.2, -0.15) is 0 Å². The standard InChI is InChI=1S/C15H9Br2N3O2/c16-9-5-11-13(12(17)6-9)18-7-19-14(11)20-10-3-1-8(2-4-10)15(21)22/h1-7H,(H,21,22)(H,18,19,20). The quantitative estimate of drug-likeness (QED) is 0.645. The lowest BCUT2D eigenvalue weighted by molar-refractivity contribution is 0.0697. The van der Waals surface area contributed by atoms with Gasteiger partial charge in [0.25, 0.3) is 0 Å². The molecule has 22 heavy (non-hydrogen) atoms. The second-order valence-electron chi connectivity index (χ2n) is 4.51. The van der Waals surface area contributed by atoms with Crippen LogP contribution < -0.4 is 5.32 Å². The van der Waals surface area contributed by atoms with Gasteiger partial charge in [0.1, 0.15) is 12.1 Å². The van der Waals surface area contributed by atoms with Gasteiger partial charge in [0.05, 0.1) is 11.1 Å². The maximum Gasteiger partial charge on any atom is 0.335 e. The van der Waals surface area contributed by atoms with E-state index in [2.05, 4.69) is 47.1 Å². The van der Waals surface area contributed by atoms with Crippen LogP contribution in [0.5, 0.6) is 0 Å². The lowest BCUT2D eigenvalue weighted by Gasteiger charge is -2.09. The van der Waals surface area contributed by atoms with E-state index in [1.165, 1.54) is 6.33 Å². The molecule has 2 N–H and O–H groups in total. The lowest BCUT2D eigenvalue weighted by atomic mass is 10.2. The predicted molar refractivity (Wildman–Crippen MR) is 91.6 cm³/mol. The van der Waals surface area contributed by atoms with Gasteiger partial charge in [-0.1, -0.05) is 15.9 Å². The van der Waals surface area contributed by atoms with Crippen LogP contribution in [0.2, 0.25) is 0 Å². The van der Waals surface area contributed by atoms with E-state index in [1.54, 1.807) is 24.3 Å². The summed E-state index contributed by atoms with van der Waals surface area (Å²) in [6.45, 7) is 0. The first-order chi connectivity index (χ1) is 10.5. The van der Waals surface area contributed by atoms with Gasteiger partial charge in [-0.25, -0.2) is 14.8 Å². The number of nitrogens with one attached hydrogen (secondary N) is 1. The van der Waals surface area contributed by atoms with Crippen LogP contribution in [0.4, 0.5) is 11.5 Å². The molecular formula is C15H9Br2N3O2. The van der Waals surface area contributed by atoms with Crippen LogP contribution in [0.25, 0.3) is 10.9 Å². The summed E-state index contributed by atoms with van der Waals surface area (Å²) in [4.78, 5) is 19.4. The number of anilines is 2. The van der Waals surface area contributed by atoms with Crippen LogP contribution in [0, 0.1) is 0 Å². The zero-order valence-corrected chi connectivity index (χ0v) is 14.2. The topological polar surface area (TPSA) is 75.1 Å². The van der Waals surface area contributed by atoms with Crippen LogP contribution in [0.3, 0.4) is 0 Å². The van der Waals surface area contributed by atoms with Crippen LogP contribution in [0.1, 0.15) is 10.4 Å². The zero-order chi connectivity index (χ0) is 15.7. The number of aromatic carboxylic acids is 1. The van der Waals surface area contributed by atoms with E-state index < -0.39 is 5.97 Å². The summed E-state index contributed by atoms with van der Waals surface area (Å²) in [7, 11) is 0. The van der Waals surface area contributed by atoms with Gasteiger partial charge in [-0.15, -0.1) is 0 Å². The minimum atomic E-state index is -0.952. The SMILES string of the molecule is O=C(O)c1ccc(Nc2ncnc3c(Br)cc(Br)cc23)cc1. The minimum absolute atomic E-state index is 0.239. The van der Waals surface area contributed by atoms with Crippen LogP contribution in [-0.4, -0.2) is 21.0 Å². The van der Waals surface area contributed by atoms with Crippen molar-refractivity contribution in [2.24, 2.45) is 0 Å². The Kier molecular flexibility index (Phi) is 4.08. The van der Waals surface area contributed by atoms with Gasteiger partial charge >= 0.3 is 5.97 Å². The van der Waals surface area contributed by atoms with Gasteiger partial charge in [0.15, 0.2) is 0 Å². The van der Waals surface area contributed by atoms with E-state index in [-0.39, 0.29) is 5.56 Å². The summed E-state index contributed by atoms with van der Waals surface area (Å²) >= 11 is 6.93. The number of hydrogen-bond acceptors (Lipinski definition) is 4. The number of fused-ring (bicyclic) bond motifs is 1. The number of hydrogen-bond donors (Lipinski definition) is 2. The molecule has 0 amide bonds. The molecule has 0 aliphatic carbocycles. The highest BCUT2D eigenvalue weighted by atomic mass is 79.9. The molecule has 3 aromatic rings. The third kappa shape index (κ3) is 2.95. The molecule has 0 radical (unpaired) electrons. The van der Waals surface area contributed by atoms with Gasteiger partial charge < -0.3 is 10.4 Å². The summed E-state index contributed by atoms with van der Waals surface area (Å²) in [5.74, 6) is -0.304. The Hall–Kier alpha value is -1.99. The Bertz CT molecular complexity index is 867. The number of rotatable bonds is 3. The monoisotopic (exact) mass is 421 g/mol. The second kappa shape index (κ2) is 6.02. The highest BCUT2D eigenvalue weighted by Gasteiger charge is 2.09. The molecule has 110 valence electrons. The van der Waals surface area contributed by atoms with E-state index >= 15 is 0 Å². The van der Waals surface area contributed by atoms with Crippen molar-refractivity contribution in [2.75, 3.05) is 5.32 Å². The first kappa shape index (κ1) is 14.9. The highest BCUT2D eigenvalue weighted by Crippen LogP contribution is 2.31. The van der Waals surface area contributed by atoms with Crippen molar-refractivity contribution < 1.29 is 9.90 Å². The van der Waals surface area contributed by atoms with Gasteiger partial charge in [0.2, 0.25) is 0 Å². The number of nitrogens with zero attached hydrogens (tertiary/aromatic N) is 2. The molecule has 0 spiro atoms. The molecule has 2 aromatic carbocycles. The lowest BCUT2D eigenvalue weighted by Crippen LogP contribution is -1.98. The molecule has 1 aromatic heterocycles. The fourth-order valence-corrected chi connectivity index (χ4v) is 3.35. The molecule has 3 rings (SSSR count). The van der Waals surface area contributed by atoms with Crippen molar-refractivity contribution in [2.45, 2.75) is 0 Å². The summed E-state index contributed by atoms with van der Waals surface area (Å²) in [6.07, 6.45) is 1.48. The largest absolute Gasteiger partial charge is 0.478 e. The first-order valence-corrected chi connectivity index (χ1v) is 7.83. The fraction of sp³-hybridized carbons (Fsp3) is 0. The van der Waals surface area contributed by atoms with Crippen LogP contribution in [-0.2, 0) is 0 Å². The van der Waals surface area contributed by atoms with Gasteiger partial charge in [0, 0.05) is 20.0 Å². The normalized spacial score (nSPS) is 10.6. The van der Waals surface area contributed by atoms with Crippen molar-refractivity contribution in [3.63, 3.8) is 0 Å². The summed E-state index contributed by atoms with van der Waals surface area (Å²) in [6, 6.07) is 10.3. The Morgan fingerprint density at radius 3 is 2.50 bits per heavy atom. The van der Waals surface area contributed by atoms with E-state index in [0.29, 0.717) is 5.82 Å². The molecule has 0 aliphatic heterocycles. The third-order valence-electron chi connectivity index (χ3n) is 3.05. The number of benzene rings is 2. The smallest absolute Gasteiger partial charge is 0.335 e. The Labute approximate surface area is 142 Å².